The molecule has 1 aromatic carbocycles. The van der Waals surface area contributed by atoms with Gasteiger partial charge in [0.15, 0.2) is 6.61 Å². The standard InChI is InChI=1S/C14H20N2O2/c1-2-12(15)11-5-3-4-6-13(11)18-9-14(17)16-10-7-8-10/h3-6,10,12H,2,7-9,15H2,1H3,(H,16,17). The Kier molecular flexibility index (Phi) is 4.20. The molecule has 1 fully saturated rings. The molecule has 4 heteroatoms. The lowest BCUT2D eigenvalue weighted by atomic mass is 10.0. The summed E-state index contributed by atoms with van der Waals surface area (Å²) in [5.41, 5.74) is 6.97. The van der Waals surface area contributed by atoms with E-state index in [9.17, 15) is 4.79 Å². The number of rotatable bonds is 6. The molecule has 3 N–H and O–H groups in total. The molecule has 1 aliphatic carbocycles. The van der Waals surface area contributed by atoms with Gasteiger partial charge in [-0.1, -0.05) is 25.1 Å². The van der Waals surface area contributed by atoms with Crippen LogP contribution in [0.25, 0.3) is 0 Å². The van der Waals surface area contributed by atoms with Gasteiger partial charge in [-0.25, -0.2) is 0 Å². The minimum atomic E-state index is -0.0580. The van der Waals surface area contributed by atoms with Crippen molar-refractivity contribution < 1.29 is 9.53 Å². The minimum absolute atomic E-state index is 0.0484. The topological polar surface area (TPSA) is 64.3 Å². The summed E-state index contributed by atoms with van der Waals surface area (Å²) in [6.07, 6.45) is 3.01. The van der Waals surface area contributed by atoms with Crippen molar-refractivity contribution in [3.8, 4) is 5.75 Å². The minimum Gasteiger partial charge on any atom is -0.483 e. The van der Waals surface area contributed by atoms with E-state index < -0.39 is 0 Å². The lowest BCUT2D eigenvalue weighted by molar-refractivity contribution is -0.123. The molecular weight excluding hydrogens is 228 g/mol. The molecule has 98 valence electrons. The third kappa shape index (κ3) is 3.47. The summed E-state index contributed by atoms with van der Waals surface area (Å²) in [6.45, 7) is 2.09. The SMILES string of the molecule is CCC(N)c1ccccc1OCC(=O)NC1CC1. The molecule has 0 saturated heterocycles. The fourth-order valence-corrected chi connectivity index (χ4v) is 1.78. The van der Waals surface area contributed by atoms with Crippen LogP contribution in [0, 0.1) is 0 Å². The molecule has 0 radical (unpaired) electrons. The average Bonchev–Trinajstić information content (AvgIpc) is 3.19. The van der Waals surface area contributed by atoms with Gasteiger partial charge in [-0.2, -0.15) is 0 Å². The van der Waals surface area contributed by atoms with Crippen molar-refractivity contribution in [2.45, 2.75) is 38.3 Å². The van der Waals surface area contributed by atoms with Crippen molar-refractivity contribution in [2.75, 3.05) is 6.61 Å². The Morgan fingerprint density at radius 2 is 2.22 bits per heavy atom. The zero-order chi connectivity index (χ0) is 13.0. The van der Waals surface area contributed by atoms with Crippen LogP contribution in [0.5, 0.6) is 5.75 Å². The van der Waals surface area contributed by atoms with Crippen LogP contribution >= 0.6 is 0 Å². The number of amides is 1. The van der Waals surface area contributed by atoms with Gasteiger partial charge in [0.1, 0.15) is 5.75 Å². The molecule has 2 rings (SSSR count). The molecule has 4 nitrogen and oxygen atoms in total. The van der Waals surface area contributed by atoms with Crippen molar-refractivity contribution in [2.24, 2.45) is 5.73 Å². The third-order valence-electron chi connectivity index (χ3n) is 3.06. The monoisotopic (exact) mass is 248 g/mol. The molecule has 0 aromatic heterocycles. The lowest BCUT2D eigenvalue weighted by Gasteiger charge is -2.15. The number of nitrogens with one attached hydrogen (secondary N) is 1. The molecule has 0 heterocycles. The third-order valence-corrected chi connectivity index (χ3v) is 3.06. The number of ether oxygens (including phenoxy) is 1. The van der Waals surface area contributed by atoms with Crippen LogP contribution in [0.3, 0.4) is 0 Å². The Bertz CT molecular complexity index is 416. The Morgan fingerprint density at radius 1 is 1.50 bits per heavy atom. The molecule has 18 heavy (non-hydrogen) atoms. The van der Waals surface area contributed by atoms with Crippen molar-refractivity contribution in [1.82, 2.24) is 5.32 Å². The highest BCUT2D eigenvalue weighted by Gasteiger charge is 2.23. The van der Waals surface area contributed by atoms with Gasteiger partial charge in [0.05, 0.1) is 0 Å². The summed E-state index contributed by atoms with van der Waals surface area (Å²) >= 11 is 0. The van der Waals surface area contributed by atoms with Crippen LogP contribution in [0.4, 0.5) is 0 Å². The van der Waals surface area contributed by atoms with Crippen molar-refractivity contribution in [3.05, 3.63) is 29.8 Å². The van der Waals surface area contributed by atoms with Crippen molar-refractivity contribution in [1.29, 1.82) is 0 Å². The predicted molar refractivity (Wildman–Crippen MR) is 70.3 cm³/mol. The van der Waals surface area contributed by atoms with E-state index >= 15 is 0 Å². The smallest absolute Gasteiger partial charge is 0.258 e. The largest absolute Gasteiger partial charge is 0.483 e. The molecule has 0 spiro atoms. The molecule has 1 amide bonds. The molecule has 1 aliphatic rings. The quantitative estimate of drug-likeness (QED) is 0.806. The van der Waals surface area contributed by atoms with E-state index in [-0.39, 0.29) is 18.6 Å². The molecular formula is C14H20N2O2. The van der Waals surface area contributed by atoms with E-state index in [1.807, 2.05) is 31.2 Å². The second-order valence-corrected chi connectivity index (χ2v) is 4.68. The number of para-hydroxylation sites is 1. The summed E-state index contributed by atoms with van der Waals surface area (Å²) in [5.74, 6) is 0.648. The molecule has 1 unspecified atom stereocenters. The highest BCUT2D eigenvalue weighted by molar-refractivity contribution is 5.78. The number of carbonyl (C=O) groups is 1. The van der Waals surface area contributed by atoms with E-state index in [2.05, 4.69) is 5.32 Å². The molecule has 0 bridgehead atoms. The number of benzene rings is 1. The number of nitrogens with two attached hydrogens (primary N) is 1. The first-order chi connectivity index (χ1) is 8.70. The van der Waals surface area contributed by atoms with Crippen LogP contribution in [0.2, 0.25) is 0 Å². The summed E-state index contributed by atoms with van der Waals surface area (Å²) in [6, 6.07) is 7.95. The van der Waals surface area contributed by atoms with Gasteiger partial charge in [-0.05, 0) is 25.3 Å². The Labute approximate surface area is 108 Å². The fourth-order valence-electron chi connectivity index (χ4n) is 1.78. The van der Waals surface area contributed by atoms with Crippen molar-refractivity contribution >= 4 is 5.91 Å². The Balaban J connectivity index is 1.93. The second-order valence-electron chi connectivity index (χ2n) is 4.68. The Morgan fingerprint density at radius 3 is 2.89 bits per heavy atom. The maximum Gasteiger partial charge on any atom is 0.258 e. The van der Waals surface area contributed by atoms with Crippen LogP contribution in [0.1, 0.15) is 37.8 Å². The van der Waals surface area contributed by atoms with Gasteiger partial charge < -0.3 is 15.8 Å². The average molecular weight is 248 g/mol. The fraction of sp³-hybridized carbons (Fsp3) is 0.500. The first-order valence-electron chi connectivity index (χ1n) is 6.47. The summed E-state index contributed by atoms with van der Waals surface area (Å²) in [5, 5.41) is 2.89. The van der Waals surface area contributed by atoms with E-state index in [0.29, 0.717) is 11.8 Å². The van der Waals surface area contributed by atoms with Crippen LogP contribution in [0.15, 0.2) is 24.3 Å². The Hall–Kier alpha value is -1.55. The summed E-state index contributed by atoms with van der Waals surface area (Å²) in [7, 11) is 0. The highest BCUT2D eigenvalue weighted by Crippen LogP contribution is 2.25. The van der Waals surface area contributed by atoms with E-state index in [4.69, 9.17) is 10.5 Å². The van der Waals surface area contributed by atoms with Crippen molar-refractivity contribution in [3.63, 3.8) is 0 Å². The van der Waals surface area contributed by atoms with Gasteiger partial charge in [-0.15, -0.1) is 0 Å². The van der Waals surface area contributed by atoms with Gasteiger partial charge in [0.2, 0.25) is 0 Å². The maximum absolute atomic E-state index is 11.6. The highest BCUT2D eigenvalue weighted by atomic mass is 16.5. The van der Waals surface area contributed by atoms with Crippen LogP contribution in [-0.4, -0.2) is 18.6 Å². The molecule has 1 saturated carbocycles. The van der Waals surface area contributed by atoms with Gasteiger partial charge in [-0.3, -0.25) is 4.79 Å². The van der Waals surface area contributed by atoms with Crippen LogP contribution in [-0.2, 0) is 4.79 Å². The second kappa shape index (κ2) is 5.87. The molecule has 1 atom stereocenters. The molecule has 1 aromatic rings. The first-order valence-corrected chi connectivity index (χ1v) is 6.47. The van der Waals surface area contributed by atoms with Gasteiger partial charge in [0.25, 0.3) is 5.91 Å². The summed E-state index contributed by atoms with van der Waals surface area (Å²) < 4.78 is 5.56. The van der Waals surface area contributed by atoms with Gasteiger partial charge in [0, 0.05) is 17.6 Å². The van der Waals surface area contributed by atoms with Crippen LogP contribution < -0.4 is 15.8 Å². The van der Waals surface area contributed by atoms with E-state index in [1.165, 1.54) is 0 Å². The molecule has 0 aliphatic heterocycles. The number of hydrogen-bond donors (Lipinski definition) is 2. The lowest BCUT2D eigenvalue weighted by Crippen LogP contribution is -2.30. The zero-order valence-electron chi connectivity index (χ0n) is 10.7. The summed E-state index contributed by atoms with van der Waals surface area (Å²) in [4.78, 5) is 11.6. The number of carbonyl (C=O) groups excluding carboxylic acids is 1. The maximum atomic E-state index is 11.6. The van der Waals surface area contributed by atoms with E-state index in [1.54, 1.807) is 0 Å². The van der Waals surface area contributed by atoms with Gasteiger partial charge >= 0.3 is 0 Å². The zero-order valence-corrected chi connectivity index (χ0v) is 10.7. The van der Waals surface area contributed by atoms with E-state index in [0.717, 1.165) is 24.8 Å². The first kappa shape index (κ1) is 12.9. The normalized spacial score (nSPS) is 16.1. The number of hydrogen-bond acceptors (Lipinski definition) is 3. The predicted octanol–water partition coefficient (Wildman–Crippen LogP) is 1.75.